The Morgan fingerprint density at radius 1 is 1.21 bits per heavy atom. The fraction of sp³-hybridized carbons (Fsp3) is 0.550. The third-order valence-corrected chi connectivity index (χ3v) is 7.45. The Labute approximate surface area is 176 Å². The number of rotatable bonds is 10. The summed E-state index contributed by atoms with van der Waals surface area (Å²) in [5.41, 5.74) is -0.366. The van der Waals surface area contributed by atoms with E-state index in [2.05, 4.69) is 0 Å². The topological polar surface area (TPSA) is 109 Å². The van der Waals surface area contributed by atoms with Crippen LogP contribution in [0.1, 0.15) is 44.6 Å². The summed E-state index contributed by atoms with van der Waals surface area (Å²) in [6.07, 6.45) is 1.58. The molecular weight excluding hydrogens is 418 g/mol. The predicted octanol–water partition coefficient (Wildman–Crippen LogP) is 2.71. The van der Waals surface area contributed by atoms with Crippen molar-refractivity contribution in [3.8, 4) is 0 Å². The minimum Gasteiger partial charge on any atom is -0.475 e. The van der Waals surface area contributed by atoms with Crippen molar-refractivity contribution >= 4 is 39.2 Å². The predicted molar refractivity (Wildman–Crippen MR) is 109 cm³/mol. The van der Waals surface area contributed by atoms with E-state index in [0.29, 0.717) is 30.8 Å². The molecule has 1 atom stereocenters. The highest BCUT2D eigenvalue weighted by molar-refractivity contribution is 7.89. The lowest BCUT2D eigenvalue weighted by molar-refractivity contribution is -0.151. The van der Waals surface area contributed by atoms with Crippen LogP contribution in [0.5, 0.6) is 0 Å². The molecule has 0 amide bonds. The summed E-state index contributed by atoms with van der Waals surface area (Å²) in [6.45, 7) is 2.17. The van der Waals surface area contributed by atoms with E-state index in [1.165, 1.54) is 4.31 Å². The Kier molecular flexibility index (Phi) is 7.96. The Morgan fingerprint density at radius 2 is 1.86 bits per heavy atom. The minimum absolute atomic E-state index is 0.00275. The first-order valence-electron chi connectivity index (χ1n) is 9.61. The van der Waals surface area contributed by atoms with Crippen molar-refractivity contribution in [3.63, 3.8) is 0 Å². The first kappa shape index (κ1) is 23.5. The third kappa shape index (κ3) is 6.10. The highest BCUT2D eigenvalue weighted by atomic mass is 35.5. The van der Waals surface area contributed by atoms with Crippen LogP contribution in [0.15, 0.2) is 24.3 Å². The van der Waals surface area contributed by atoms with E-state index in [9.17, 15) is 22.8 Å². The van der Waals surface area contributed by atoms with Gasteiger partial charge in [-0.2, -0.15) is 0 Å². The van der Waals surface area contributed by atoms with E-state index in [1.54, 1.807) is 24.3 Å². The summed E-state index contributed by atoms with van der Waals surface area (Å²) in [5.74, 6) is -3.38. The number of piperidine rings is 1. The number of hydrogen-bond acceptors (Lipinski definition) is 5. The second-order valence-corrected chi connectivity index (χ2v) is 10.0. The number of hydrogen-bond donors (Lipinski definition) is 1. The van der Waals surface area contributed by atoms with Crippen LogP contribution in [0, 0.1) is 5.41 Å². The number of ketones is 2. The van der Waals surface area contributed by atoms with Crippen LogP contribution >= 0.6 is 11.6 Å². The first-order valence-corrected chi connectivity index (χ1v) is 11.6. The molecule has 0 aromatic heterocycles. The number of carboxylic acid groups (broad SMARTS) is 1. The molecule has 1 heterocycles. The molecule has 1 fully saturated rings. The van der Waals surface area contributed by atoms with Gasteiger partial charge in [0, 0.05) is 23.5 Å². The van der Waals surface area contributed by atoms with Crippen LogP contribution in [0.4, 0.5) is 0 Å². The van der Waals surface area contributed by atoms with Gasteiger partial charge in [0.25, 0.3) is 0 Å². The lowest BCUT2D eigenvalue weighted by Crippen LogP contribution is -2.52. The molecule has 1 saturated heterocycles. The summed E-state index contributed by atoms with van der Waals surface area (Å²) in [5, 5.41) is 9.42. The van der Waals surface area contributed by atoms with Crippen molar-refractivity contribution < 1.29 is 27.9 Å². The van der Waals surface area contributed by atoms with Crippen molar-refractivity contribution in [1.82, 2.24) is 4.31 Å². The summed E-state index contributed by atoms with van der Waals surface area (Å²) in [7, 11) is -3.54. The second kappa shape index (κ2) is 9.82. The third-order valence-electron chi connectivity index (χ3n) is 5.30. The van der Waals surface area contributed by atoms with Crippen LogP contribution in [0.2, 0.25) is 5.02 Å². The van der Waals surface area contributed by atoms with Gasteiger partial charge in [0.1, 0.15) is 5.78 Å². The van der Waals surface area contributed by atoms with E-state index < -0.39 is 39.4 Å². The van der Waals surface area contributed by atoms with Crippen LogP contribution in [-0.4, -0.2) is 54.2 Å². The molecule has 0 spiro atoms. The average molecular weight is 444 g/mol. The van der Waals surface area contributed by atoms with Gasteiger partial charge in [-0.1, -0.05) is 37.1 Å². The van der Waals surface area contributed by atoms with Crippen molar-refractivity contribution in [1.29, 1.82) is 0 Å². The Bertz CT molecular complexity index is 867. The maximum absolute atomic E-state index is 13.1. The standard InChI is InChI=1S/C20H26ClNO6S/c1-2-3-11-29(27,28)22-10-4-9-20(14-22,18(24)12-17(23)19(25)26)13-15-5-7-16(21)8-6-15/h5-8H,2-4,9-14H2,1H3,(H,25,26). The van der Waals surface area contributed by atoms with E-state index >= 15 is 0 Å². The molecule has 1 aromatic rings. The largest absolute Gasteiger partial charge is 0.475 e. The number of carbonyl (C=O) groups is 3. The molecule has 1 aromatic carbocycles. The highest BCUT2D eigenvalue weighted by Gasteiger charge is 2.45. The fourth-order valence-corrected chi connectivity index (χ4v) is 5.54. The Morgan fingerprint density at radius 3 is 2.45 bits per heavy atom. The van der Waals surface area contributed by atoms with Crippen molar-refractivity contribution in [3.05, 3.63) is 34.9 Å². The quantitative estimate of drug-likeness (QED) is 0.440. The molecule has 9 heteroatoms. The normalized spacial score (nSPS) is 20.3. The van der Waals surface area contributed by atoms with Crippen LogP contribution in [0.25, 0.3) is 0 Å². The van der Waals surface area contributed by atoms with Crippen LogP contribution in [-0.2, 0) is 30.8 Å². The molecule has 1 aliphatic rings. The van der Waals surface area contributed by atoms with Gasteiger partial charge in [0.2, 0.25) is 15.8 Å². The first-order chi connectivity index (χ1) is 13.6. The Hall–Kier alpha value is -1.77. The molecule has 0 saturated carbocycles. The number of benzene rings is 1. The van der Waals surface area contributed by atoms with Crippen LogP contribution in [0.3, 0.4) is 0 Å². The zero-order valence-electron chi connectivity index (χ0n) is 16.4. The van der Waals surface area contributed by atoms with E-state index in [4.69, 9.17) is 16.7 Å². The summed E-state index contributed by atoms with van der Waals surface area (Å²) in [4.78, 5) is 35.7. The number of halogens is 1. The summed E-state index contributed by atoms with van der Waals surface area (Å²) < 4.78 is 26.8. The maximum atomic E-state index is 13.1. The number of nitrogens with zero attached hydrogens (tertiary/aromatic N) is 1. The molecule has 1 unspecified atom stereocenters. The van der Waals surface area contributed by atoms with Crippen molar-refractivity contribution in [2.45, 2.75) is 45.4 Å². The number of carbonyl (C=O) groups excluding carboxylic acids is 2. The van der Waals surface area contributed by atoms with Gasteiger partial charge in [-0.25, -0.2) is 17.5 Å². The smallest absolute Gasteiger partial charge is 0.372 e. The molecule has 160 valence electrons. The fourth-order valence-electron chi connectivity index (χ4n) is 3.66. The van der Waals surface area contributed by atoms with E-state index in [1.807, 2.05) is 6.92 Å². The molecular formula is C20H26ClNO6S. The molecule has 1 N–H and O–H groups in total. The van der Waals surface area contributed by atoms with Gasteiger partial charge in [0.15, 0.2) is 0 Å². The zero-order chi connectivity index (χ0) is 21.7. The SMILES string of the molecule is CCCCS(=O)(=O)N1CCCC(Cc2ccc(Cl)cc2)(C(=O)CC(=O)C(=O)O)C1. The van der Waals surface area contributed by atoms with Gasteiger partial charge in [-0.15, -0.1) is 0 Å². The molecule has 29 heavy (non-hydrogen) atoms. The lowest BCUT2D eigenvalue weighted by Gasteiger charge is -2.41. The van der Waals surface area contributed by atoms with Crippen LogP contribution < -0.4 is 0 Å². The molecule has 7 nitrogen and oxygen atoms in total. The van der Waals surface area contributed by atoms with E-state index in [0.717, 1.165) is 12.0 Å². The summed E-state index contributed by atoms with van der Waals surface area (Å²) >= 11 is 5.92. The summed E-state index contributed by atoms with van der Waals surface area (Å²) in [6, 6.07) is 6.86. The zero-order valence-corrected chi connectivity index (χ0v) is 18.0. The van der Waals surface area contributed by atoms with Gasteiger partial charge in [-0.3, -0.25) is 9.59 Å². The van der Waals surface area contributed by atoms with Crippen molar-refractivity contribution in [2.24, 2.45) is 5.41 Å². The van der Waals surface area contributed by atoms with Gasteiger partial charge < -0.3 is 5.11 Å². The molecule has 2 rings (SSSR count). The Balaban J connectivity index is 2.35. The number of sulfonamides is 1. The molecule has 0 aliphatic carbocycles. The number of aliphatic carboxylic acids is 1. The number of carboxylic acids is 1. The average Bonchev–Trinajstić information content (AvgIpc) is 2.68. The van der Waals surface area contributed by atoms with Gasteiger partial charge >= 0.3 is 5.97 Å². The lowest BCUT2D eigenvalue weighted by atomic mass is 9.71. The number of unbranched alkanes of at least 4 members (excludes halogenated alkanes) is 1. The monoisotopic (exact) mass is 443 g/mol. The molecule has 0 bridgehead atoms. The van der Waals surface area contributed by atoms with E-state index in [-0.39, 0.29) is 18.7 Å². The molecule has 0 radical (unpaired) electrons. The maximum Gasteiger partial charge on any atom is 0.372 e. The van der Waals surface area contributed by atoms with Crippen molar-refractivity contribution in [2.75, 3.05) is 18.8 Å². The number of Topliss-reactive ketones (excluding diaryl/α,β-unsaturated/α-hetero) is 2. The minimum atomic E-state index is -3.54. The molecule has 1 aliphatic heterocycles. The van der Waals surface area contributed by atoms with Gasteiger partial charge in [0.05, 0.1) is 12.2 Å². The highest BCUT2D eigenvalue weighted by Crippen LogP contribution is 2.37. The van der Waals surface area contributed by atoms with Gasteiger partial charge in [-0.05, 0) is 43.4 Å². The second-order valence-electron chi connectivity index (χ2n) is 7.52.